The number of nitrogens with two attached hydrogens (primary N) is 2. The molecule has 0 fully saturated rings. The van der Waals surface area contributed by atoms with Crippen LogP contribution >= 0.6 is 0 Å². The summed E-state index contributed by atoms with van der Waals surface area (Å²) in [5.41, 5.74) is 18.0. The lowest BCUT2D eigenvalue weighted by Gasteiger charge is -2.19. The lowest BCUT2D eigenvalue weighted by molar-refractivity contribution is -0.128. The van der Waals surface area contributed by atoms with E-state index >= 15 is 0 Å². The zero-order chi connectivity index (χ0) is 24.6. The summed E-state index contributed by atoms with van der Waals surface area (Å²) >= 11 is 0. The molecule has 176 valence electrons. The van der Waals surface area contributed by atoms with Crippen molar-refractivity contribution in [2.24, 2.45) is 11.5 Å². The number of carbonyl (C=O) groups excluding carboxylic acids is 2. The minimum Gasteiger partial charge on any atom is -0.368 e. The predicted molar refractivity (Wildman–Crippen MR) is 140 cm³/mol. The molecule has 0 saturated carbocycles. The van der Waals surface area contributed by atoms with Crippen LogP contribution in [0, 0.1) is 0 Å². The number of carbonyl (C=O) groups is 2. The topological polar surface area (TPSA) is 98.2 Å². The van der Waals surface area contributed by atoms with Crippen LogP contribution in [0.2, 0.25) is 0 Å². The molecular weight excluding hydrogens is 434 g/mol. The van der Waals surface area contributed by atoms with E-state index in [9.17, 15) is 9.59 Å². The molecule has 0 saturated heterocycles. The molecule has 4 aromatic carbocycles. The van der Waals surface area contributed by atoms with Crippen molar-refractivity contribution in [1.29, 1.82) is 0 Å². The number of hydrogen-bond acceptors (Lipinski definition) is 3. The highest BCUT2D eigenvalue weighted by Gasteiger charge is 2.22. The highest BCUT2D eigenvalue weighted by atomic mass is 16.2. The maximum Gasteiger partial charge on any atom is 0.240 e. The van der Waals surface area contributed by atoms with Gasteiger partial charge in [0.2, 0.25) is 11.8 Å². The highest BCUT2D eigenvalue weighted by molar-refractivity contribution is 5.89. The van der Waals surface area contributed by atoms with E-state index in [-0.39, 0.29) is 0 Å². The van der Waals surface area contributed by atoms with Gasteiger partial charge in [0, 0.05) is 6.42 Å². The standard InChI is InChI=1S/C30H29N3O2/c31-27(19-21-11-15-25(16-12-21)23-7-3-1-4-8-23)30(35)33-28(29(32)34)20-22-13-17-26(18-14-22)24-9-5-2-6-10-24/h1-18,27-28H,19-20,31H2,(H2,32,34)(H,33,35)/t27-,28-/m0/s1. The van der Waals surface area contributed by atoms with Crippen molar-refractivity contribution in [3.63, 3.8) is 0 Å². The smallest absolute Gasteiger partial charge is 0.240 e. The third-order valence-corrected chi connectivity index (χ3v) is 6.01. The summed E-state index contributed by atoms with van der Waals surface area (Å²) in [7, 11) is 0. The predicted octanol–water partition coefficient (Wildman–Crippen LogP) is 4.10. The molecule has 5 N–H and O–H groups in total. The van der Waals surface area contributed by atoms with E-state index in [0.717, 1.165) is 33.4 Å². The highest BCUT2D eigenvalue weighted by Crippen LogP contribution is 2.21. The summed E-state index contributed by atoms with van der Waals surface area (Å²) < 4.78 is 0. The molecule has 2 atom stereocenters. The first-order valence-corrected chi connectivity index (χ1v) is 11.6. The van der Waals surface area contributed by atoms with Gasteiger partial charge in [0.25, 0.3) is 0 Å². The number of hydrogen-bond donors (Lipinski definition) is 3. The minimum atomic E-state index is -0.836. The molecule has 0 radical (unpaired) electrons. The Morgan fingerprint density at radius 1 is 0.600 bits per heavy atom. The van der Waals surface area contributed by atoms with Gasteiger partial charge in [-0.25, -0.2) is 0 Å². The molecular formula is C30H29N3O2. The van der Waals surface area contributed by atoms with Gasteiger partial charge >= 0.3 is 0 Å². The van der Waals surface area contributed by atoms with Crippen LogP contribution < -0.4 is 16.8 Å². The van der Waals surface area contributed by atoms with Gasteiger partial charge in [-0.2, -0.15) is 0 Å². The van der Waals surface area contributed by atoms with E-state index in [1.165, 1.54) is 0 Å². The number of benzene rings is 4. The molecule has 0 aliphatic rings. The molecule has 4 rings (SSSR count). The van der Waals surface area contributed by atoms with Gasteiger partial charge < -0.3 is 16.8 Å². The summed E-state index contributed by atoms with van der Waals surface area (Å²) in [6.45, 7) is 0. The molecule has 4 aromatic rings. The van der Waals surface area contributed by atoms with Crippen molar-refractivity contribution in [3.8, 4) is 22.3 Å². The van der Waals surface area contributed by atoms with Crippen molar-refractivity contribution < 1.29 is 9.59 Å². The Bertz CT molecular complexity index is 1250. The normalized spacial score (nSPS) is 12.5. The third kappa shape index (κ3) is 6.43. The molecule has 2 amide bonds. The van der Waals surface area contributed by atoms with E-state index in [1.54, 1.807) is 0 Å². The van der Waals surface area contributed by atoms with Crippen LogP contribution in [0.5, 0.6) is 0 Å². The van der Waals surface area contributed by atoms with Gasteiger partial charge in [0.1, 0.15) is 6.04 Å². The largest absolute Gasteiger partial charge is 0.368 e. The van der Waals surface area contributed by atoms with E-state index in [0.29, 0.717) is 12.8 Å². The quantitative estimate of drug-likeness (QED) is 0.348. The van der Waals surface area contributed by atoms with Crippen molar-refractivity contribution in [2.45, 2.75) is 24.9 Å². The molecule has 0 heterocycles. The monoisotopic (exact) mass is 463 g/mol. The van der Waals surface area contributed by atoms with Gasteiger partial charge in [-0.05, 0) is 39.8 Å². The molecule has 0 aromatic heterocycles. The Morgan fingerprint density at radius 3 is 1.43 bits per heavy atom. The fraction of sp³-hybridized carbons (Fsp3) is 0.133. The van der Waals surface area contributed by atoms with E-state index in [1.807, 2.05) is 109 Å². The van der Waals surface area contributed by atoms with Crippen molar-refractivity contribution >= 4 is 11.8 Å². The molecule has 35 heavy (non-hydrogen) atoms. The second-order valence-corrected chi connectivity index (χ2v) is 8.60. The number of amides is 2. The number of primary amides is 1. The van der Waals surface area contributed by atoms with Crippen LogP contribution in [0.15, 0.2) is 109 Å². The Balaban J connectivity index is 1.35. The number of nitrogens with one attached hydrogen (secondary N) is 1. The van der Waals surface area contributed by atoms with Crippen LogP contribution in [0.3, 0.4) is 0 Å². The average Bonchev–Trinajstić information content (AvgIpc) is 2.90. The van der Waals surface area contributed by atoms with Crippen molar-refractivity contribution in [3.05, 3.63) is 120 Å². The molecule has 5 heteroatoms. The molecule has 0 aliphatic carbocycles. The summed E-state index contributed by atoms with van der Waals surface area (Å²) in [5.74, 6) is -0.994. The van der Waals surface area contributed by atoms with Crippen LogP contribution in [0.1, 0.15) is 11.1 Å². The van der Waals surface area contributed by atoms with E-state index in [2.05, 4.69) is 5.32 Å². The lowest BCUT2D eigenvalue weighted by atomic mass is 9.99. The molecule has 0 unspecified atom stereocenters. The van der Waals surface area contributed by atoms with Crippen LogP contribution in [-0.4, -0.2) is 23.9 Å². The Labute approximate surface area is 205 Å². The zero-order valence-electron chi connectivity index (χ0n) is 19.4. The molecule has 0 spiro atoms. The Hall–Kier alpha value is -4.22. The first-order valence-electron chi connectivity index (χ1n) is 11.6. The zero-order valence-corrected chi connectivity index (χ0v) is 19.4. The van der Waals surface area contributed by atoms with Gasteiger partial charge in [-0.3, -0.25) is 9.59 Å². The SMILES string of the molecule is NC(=O)[C@H](Cc1ccc(-c2ccccc2)cc1)NC(=O)[C@@H](N)Cc1ccc(-c2ccccc2)cc1. The maximum absolute atomic E-state index is 12.7. The first-order chi connectivity index (χ1) is 17.0. The van der Waals surface area contributed by atoms with E-state index < -0.39 is 23.9 Å². The summed E-state index contributed by atoms with van der Waals surface area (Å²) in [6.07, 6.45) is 0.660. The van der Waals surface area contributed by atoms with Crippen LogP contribution in [-0.2, 0) is 22.4 Å². The van der Waals surface area contributed by atoms with Crippen molar-refractivity contribution in [2.75, 3.05) is 0 Å². The molecule has 0 aliphatic heterocycles. The minimum absolute atomic E-state index is 0.300. The maximum atomic E-state index is 12.7. The Kier molecular flexibility index (Phi) is 7.70. The summed E-state index contributed by atoms with van der Waals surface area (Å²) in [5, 5.41) is 2.73. The second-order valence-electron chi connectivity index (χ2n) is 8.60. The van der Waals surface area contributed by atoms with Gasteiger partial charge in [0.15, 0.2) is 0 Å². The van der Waals surface area contributed by atoms with Gasteiger partial charge in [0.05, 0.1) is 6.04 Å². The summed E-state index contributed by atoms with van der Waals surface area (Å²) in [6, 6.07) is 34.3. The molecule has 0 bridgehead atoms. The van der Waals surface area contributed by atoms with Gasteiger partial charge in [-0.1, -0.05) is 109 Å². The number of rotatable bonds is 9. The van der Waals surface area contributed by atoms with E-state index in [4.69, 9.17) is 11.5 Å². The third-order valence-electron chi connectivity index (χ3n) is 6.01. The van der Waals surface area contributed by atoms with Crippen LogP contribution in [0.25, 0.3) is 22.3 Å². The Morgan fingerprint density at radius 2 is 1.00 bits per heavy atom. The first kappa shape index (κ1) is 23.9. The van der Waals surface area contributed by atoms with Crippen molar-refractivity contribution in [1.82, 2.24) is 5.32 Å². The lowest BCUT2D eigenvalue weighted by Crippen LogP contribution is -2.51. The second kappa shape index (κ2) is 11.3. The average molecular weight is 464 g/mol. The fourth-order valence-corrected chi connectivity index (χ4v) is 4.01. The summed E-state index contributed by atoms with van der Waals surface area (Å²) in [4.78, 5) is 24.8. The van der Waals surface area contributed by atoms with Crippen LogP contribution in [0.4, 0.5) is 0 Å². The van der Waals surface area contributed by atoms with Gasteiger partial charge in [-0.15, -0.1) is 0 Å². The molecule has 5 nitrogen and oxygen atoms in total. The fourth-order valence-electron chi connectivity index (χ4n) is 4.01.